The minimum absolute atomic E-state index is 0.353. The Morgan fingerprint density at radius 2 is 2.11 bits per heavy atom. The molecule has 0 aromatic heterocycles. The number of carbonyl (C=O) groups excluding carboxylic acids is 1. The molecule has 0 unspecified atom stereocenters. The Balaban J connectivity index is 2.90. The van der Waals surface area contributed by atoms with Gasteiger partial charge in [-0.15, -0.1) is 0 Å². The highest BCUT2D eigenvalue weighted by Gasteiger charge is 2.15. The Hall–Kier alpha value is -1.71. The molecule has 0 aliphatic rings. The number of carbonyl (C=O) groups is 1. The van der Waals surface area contributed by atoms with Crippen molar-refractivity contribution in [3.8, 4) is 0 Å². The molecule has 0 aliphatic heterocycles. The number of hydrogen-bond donors (Lipinski definition) is 1. The van der Waals surface area contributed by atoms with Crippen molar-refractivity contribution in [1.82, 2.24) is 0 Å². The van der Waals surface area contributed by atoms with Crippen molar-refractivity contribution in [3.05, 3.63) is 23.8 Å². The number of hydrogen-bond acceptors (Lipinski definition) is 4. The summed E-state index contributed by atoms with van der Waals surface area (Å²) in [5.74, 6) is 0.274. The predicted molar refractivity (Wildman–Crippen MR) is 79.5 cm³/mol. The number of benzene rings is 1. The highest BCUT2D eigenvalue weighted by molar-refractivity contribution is 5.98. The summed E-state index contributed by atoms with van der Waals surface area (Å²) < 4.78 is 5.00. The second kappa shape index (κ2) is 7.02. The summed E-state index contributed by atoms with van der Waals surface area (Å²) in [6.07, 6.45) is 1.08. The molecule has 2 N–H and O–H groups in total. The molecule has 0 spiro atoms. The molecule has 0 fully saturated rings. The van der Waals surface area contributed by atoms with Gasteiger partial charge in [-0.1, -0.05) is 19.9 Å². The lowest BCUT2D eigenvalue weighted by atomic mass is 10.1. The van der Waals surface area contributed by atoms with Crippen molar-refractivity contribution in [3.63, 3.8) is 0 Å². The van der Waals surface area contributed by atoms with E-state index in [0.717, 1.165) is 18.7 Å². The maximum Gasteiger partial charge on any atom is 0.340 e. The van der Waals surface area contributed by atoms with E-state index in [2.05, 4.69) is 18.7 Å². The summed E-state index contributed by atoms with van der Waals surface area (Å²) in [5.41, 5.74) is 7.89. The van der Waals surface area contributed by atoms with Crippen LogP contribution in [0.1, 0.15) is 37.6 Å². The second-order valence-corrected chi connectivity index (χ2v) is 5.06. The lowest BCUT2D eigenvalue weighted by Crippen LogP contribution is -2.22. The highest BCUT2D eigenvalue weighted by atomic mass is 16.5. The van der Waals surface area contributed by atoms with Crippen molar-refractivity contribution in [2.45, 2.75) is 27.2 Å². The first-order valence-corrected chi connectivity index (χ1v) is 6.74. The molecule has 0 saturated heterocycles. The zero-order chi connectivity index (χ0) is 14.4. The molecular weight excluding hydrogens is 240 g/mol. The molecule has 1 aromatic rings. The Morgan fingerprint density at radius 1 is 1.42 bits per heavy atom. The van der Waals surface area contributed by atoms with Gasteiger partial charge in [-0.3, -0.25) is 0 Å². The third-order valence-electron chi connectivity index (χ3n) is 3.03. The molecule has 0 bridgehead atoms. The summed E-state index contributed by atoms with van der Waals surface area (Å²) in [4.78, 5) is 13.9. The average molecular weight is 264 g/mol. The van der Waals surface area contributed by atoms with Crippen molar-refractivity contribution >= 4 is 17.3 Å². The molecule has 0 atom stereocenters. The summed E-state index contributed by atoms with van der Waals surface area (Å²) in [5, 5.41) is 0. The van der Waals surface area contributed by atoms with E-state index < -0.39 is 0 Å². The Morgan fingerprint density at radius 3 is 2.68 bits per heavy atom. The van der Waals surface area contributed by atoms with Crippen LogP contribution in [-0.4, -0.2) is 26.2 Å². The Labute approximate surface area is 115 Å². The zero-order valence-electron chi connectivity index (χ0n) is 12.3. The topological polar surface area (TPSA) is 55.6 Å². The number of ether oxygens (including phenoxy) is 1. The number of anilines is 2. The van der Waals surface area contributed by atoms with Gasteiger partial charge in [0.2, 0.25) is 0 Å². The zero-order valence-corrected chi connectivity index (χ0v) is 12.3. The first kappa shape index (κ1) is 15.3. The molecule has 4 nitrogen and oxygen atoms in total. The van der Waals surface area contributed by atoms with E-state index >= 15 is 0 Å². The number of para-hydroxylation sites is 1. The molecule has 4 heteroatoms. The smallest absolute Gasteiger partial charge is 0.340 e. The third kappa shape index (κ3) is 4.16. The van der Waals surface area contributed by atoms with Crippen LogP contribution in [0.3, 0.4) is 0 Å². The van der Waals surface area contributed by atoms with Crippen molar-refractivity contribution < 1.29 is 9.53 Å². The van der Waals surface area contributed by atoms with Gasteiger partial charge in [-0.25, -0.2) is 4.79 Å². The van der Waals surface area contributed by atoms with Crippen LogP contribution in [0.15, 0.2) is 18.2 Å². The molecule has 0 heterocycles. The quantitative estimate of drug-likeness (QED) is 0.634. The number of nitrogens with zero attached hydrogens (tertiary/aromatic N) is 1. The minimum atomic E-state index is -0.362. The third-order valence-corrected chi connectivity index (χ3v) is 3.03. The van der Waals surface area contributed by atoms with Crippen LogP contribution < -0.4 is 10.6 Å². The van der Waals surface area contributed by atoms with E-state index in [4.69, 9.17) is 10.5 Å². The minimum Gasteiger partial charge on any atom is -0.462 e. The Bertz CT molecular complexity index is 430. The standard InChI is InChI=1S/C15H24N2O2/c1-5-19-15(18)12-7-6-8-13(14(12)16)17(4)10-9-11(2)3/h6-8,11H,5,9-10,16H2,1-4H3. The van der Waals surface area contributed by atoms with Crippen LogP contribution in [0.5, 0.6) is 0 Å². The lowest BCUT2D eigenvalue weighted by Gasteiger charge is -2.23. The number of nitrogen functional groups attached to an aromatic ring is 1. The van der Waals surface area contributed by atoms with Gasteiger partial charge in [-0.2, -0.15) is 0 Å². The molecule has 0 saturated carbocycles. The van der Waals surface area contributed by atoms with Crippen molar-refractivity contribution in [1.29, 1.82) is 0 Å². The highest BCUT2D eigenvalue weighted by Crippen LogP contribution is 2.26. The van der Waals surface area contributed by atoms with Crippen molar-refractivity contribution in [2.24, 2.45) is 5.92 Å². The van der Waals surface area contributed by atoms with Crippen LogP contribution in [-0.2, 0) is 4.74 Å². The van der Waals surface area contributed by atoms with E-state index in [1.54, 1.807) is 13.0 Å². The van der Waals surface area contributed by atoms with Crippen LogP contribution in [0, 0.1) is 5.92 Å². The van der Waals surface area contributed by atoms with Gasteiger partial charge in [0.1, 0.15) is 0 Å². The van der Waals surface area contributed by atoms with E-state index in [-0.39, 0.29) is 5.97 Å². The summed E-state index contributed by atoms with van der Waals surface area (Å²) in [7, 11) is 1.99. The maximum absolute atomic E-state index is 11.8. The fourth-order valence-electron chi connectivity index (χ4n) is 1.85. The van der Waals surface area contributed by atoms with Gasteiger partial charge in [0, 0.05) is 13.6 Å². The van der Waals surface area contributed by atoms with Crippen molar-refractivity contribution in [2.75, 3.05) is 30.8 Å². The number of nitrogens with two attached hydrogens (primary N) is 1. The fourth-order valence-corrected chi connectivity index (χ4v) is 1.85. The molecule has 106 valence electrons. The van der Waals surface area contributed by atoms with Crippen LogP contribution in [0.2, 0.25) is 0 Å². The predicted octanol–water partition coefficient (Wildman–Crippen LogP) is 2.93. The monoisotopic (exact) mass is 264 g/mol. The summed E-state index contributed by atoms with van der Waals surface area (Å²) in [6, 6.07) is 5.47. The summed E-state index contributed by atoms with van der Waals surface area (Å²) in [6.45, 7) is 7.42. The Kier molecular flexibility index (Phi) is 5.67. The first-order chi connectivity index (χ1) is 8.97. The fraction of sp³-hybridized carbons (Fsp3) is 0.533. The number of esters is 1. The first-order valence-electron chi connectivity index (χ1n) is 6.74. The van der Waals surface area contributed by atoms with Crippen LogP contribution in [0.25, 0.3) is 0 Å². The van der Waals surface area contributed by atoms with Gasteiger partial charge in [0.15, 0.2) is 0 Å². The average Bonchev–Trinajstić information content (AvgIpc) is 2.36. The van der Waals surface area contributed by atoms with Gasteiger partial charge in [-0.05, 0) is 31.4 Å². The molecule has 1 rings (SSSR count). The van der Waals surface area contributed by atoms with E-state index in [1.807, 2.05) is 19.2 Å². The molecular formula is C15H24N2O2. The van der Waals surface area contributed by atoms with E-state index in [0.29, 0.717) is 23.8 Å². The van der Waals surface area contributed by atoms with Crippen LogP contribution in [0.4, 0.5) is 11.4 Å². The molecule has 0 aliphatic carbocycles. The van der Waals surface area contributed by atoms with Gasteiger partial charge in [0.05, 0.1) is 23.5 Å². The largest absolute Gasteiger partial charge is 0.462 e. The molecule has 19 heavy (non-hydrogen) atoms. The van der Waals surface area contributed by atoms with Gasteiger partial charge < -0.3 is 15.4 Å². The maximum atomic E-state index is 11.8. The van der Waals surface area contributed by atoms with Gasteiger partial charge in [0.25, 0.3) is 0 Å². The lowest BCUT2D eigenvalue weighted by molar-refractivity contribution is 0.0527. The second-order valence-electron chi connectivity index (χ2n) is 5.06. The number of rotatable bonds is 6. The van der Waals surface area contributed by atoms with E-state index in [9.17, 15) is 4.79 Å². The molecule has 0 amide bonds. The molecule has 1 aromatic carbocycles. The van der Waals surface area contributed by atoms with Crippen LogP contribution >= 0.6 is 0 Å². The van der Waals surface area contributed by atoms with Gasteiger partial charge >= 0.3 is 5.97 Å². The molecule has 0 radical (unpaired) electrons. The summed E-state index contributed by atoms with van der Waals surface area (Å²) >= 11 is 0. The van der Waals surface area contributed by atoms with E-state index in [1.165, 1.54) is 0 Å². The SMILES string of the molecule is CCOC(=O)c1cccc(N(C)CCC(C)C)c1N. The normalized spacial score (nSPS) is 10.6.